The van der Waals surface area contributed by atoms with Crippen LogP contribution in [0.4, 0.5) is 0 Å². The fourth-order valence-electron chi connectivity index (χ4n) is 3.94. The number of carbonyl (C=O) groups is 2. The zero-order valence-electron chi connectivity index (χ0n) is 20.4. The summed E-state index contributed by atoms with van der Waals surface area (Å²) < 4.78 is 16.1. The molecule has 0 unspecified atom stereocenters. The van der Waals surface area contributed by atoms with Gasteiger partial charge in [-0.2, -0.15) is 0 Å². The molecular formula is C28H23Cl2N3O5. The predicted molar refractivity (Wildman–Crippen MR) is 141 cm³/mol. The van der Waals surface area contributed by atoms with E-state index in [0.717, 1.165) is 16.7 Å². The molecule has 0 radical (unpaired) electrons. The Morgan fingerprint density at radius 3 is 2.45 bits per heavy atom. The molecule has 1 aliphatic heterocycles. The third-order valence-electron chi connectivity index (χ3n) is 5.97. The molecule has 0 atom stereocenters. The second-order valence-corrected chi connectivity index (χ2v) is 9.64. The summed E-state index contributed by atoms with van der Waals surface area (Å²) in [6, 6.07) is 19.5. The van der Waals surface area contributed by atoms with Crippen molar-refractivity contribution in [1.29, 1.82) is 0 Å². The van der Waals surface area contributed by atoms with Gasteiger partial charge in [-0.05, 0) is 54.4 Å². The summed E-state index contributed by atoms with van der Waals surface area (Å²) >= 11 is 12.2. The lowest BCUT2D eigenvalue weighted by Gasteiger charge is -2.22. The molecule has 3 aromatic carbocycles. The molecule has 38 heavy (non-hydrogen) atoms. The maximum absolute atomic E-state index is 13.4. The van der Waals surface area contributed by atoms with E-state index in [-0.39, 0.29) is 38.0 Å². The molecule has 8 nitrogen and oxygen atoms in total. The van der Waals surface area contributed by atoms with Crippen molar-refractivity contribution >= 4 is 35.0 Å². The van der Waals surface area contributed by atoms with Gasteiger partial charge in [-0.3, -0.25) is 9.59 Å². The van der Waals surface area contributed by atoms with Crippen molar-refractivity contribution in [3.63, 3.8) is 0 Å². The number of nitrogens with zero attached hydrogens (tertiary/aromatic N) is 2. The molecule has 4 aromatic rings. The van der Waals surface area contributed by atoms with E-state index in [1.807, 2.05) is 31.2 Å². The third-order valence-corrected chi connectivity index (χ3v) is 6.71. The fourth-order valence-corrected chi connectivity index (χ4v) is 4.26. The van der Waals surface area contributed by atoms with Crippen molar-refractivity contribution in [1.82, 2.24) is 15.4 Å². The lowest BCUT2D eigenvalue weighted by atomic mass is 10.1. The lowest BCUT2D eigenvalue weighted by Crippen LogP contribution is -2.30. The topological polar surface area (TPSA) is 93.9 Å². The normalized spacial score (nSPS) is 11.9. The van der Waals surface area contributed by atoms with Gasteiger partial charge in [-0.1, -0.05) is 58.2 Å². The number of hydrogen-bond donors (Lipinski definition) is 1. The Bertz CT molecular complexity index is 1490. The van der Waals surface area contributed by atoms with Gasteiger partial charge in [0.15, 0.2) is 23.0 Å². The summed E-state index contributed by atoms with van der Waals surface area (Å²) in [4.78, 5) is 27.7. The molecule has 2 heterocycles. The monoisotopic (exact) mass is 551 g/mol. The second-order valence-electron chi connectivity index (χ2n) is 8.82. The minimum absolute atomic E-state index is 0.0927. The van der Waals surface area contributed by atoms with Gasteiger partial charge in [-0.15, -0.1) is 0 Å². The number of ether oxygens (including phenoxy) is 2. The third kappa shape index (κ3) is 5.93. The molecule has 1 N–H and O–H groups in total. The van der Waals surface area contributed by atoms with Crippen LogP contribution >= 0.6 is 23.2 Å². The molecule has 0 saturated carbocycles. The number of benzene rings is 3. The Morgan fingerprint density at radius 1 is 0.895 bits per heavy atom. The van der Waals surface area contributed by atoms with Crippen molar-refractivity contribution in [2.45, 2.75) is 26.6 Å². The number of halogens is 2. The molecule has 2 amide bonds. The van der Waals surface area contributed by atoms with Gasteiger partial charge in [-0.25, -0.2) is 0 Å². The SMILES string of the molecule is Cc1ccc(C(=O)N(Cc2ccc(Cl)c(Cl)c2)Cc2cc(C(=O)NCc3ccc4c(c3)OCO4)no2)cc1. The minimum atomic E-state index is -0.404. The maximum Gasteiger partial charge on any atom is 0.273 e. The second kappa shape index (κ2) is 11.2. The van der Waals surface area contributed by atoms with Crippen molar-refractivity contribution in [3.05, 3.63) is 110 Å². The van der Waals surface area contributed by atoms with Crippen LogP contribution < -0.4 is 14.8 Å². The van der Waals surface area contributed by atoms with Gasteiger partial charge >= 0.3 is 0 Å². The highest BCUT2D eigenvalue weighted by Gasteiger charge is 2.21. The summed E-state index contributed by atoms with van der Waals surface area (Å²) in [5.41, 5.74) is 3.32. The number of amides is 2. The first kappa shape index (κ1) is 25.6. The first-order valence-electron chi connectivity index (χ1n) is 11.8. The smallest absolute Gasteiger partial charge is 0.273 e. The van der Waals surface area contributed by atoms with Crippen LogP contribution in [0, 0.1) is 6.92 Å². The highest BCUT2D eigenvalue weighted by atomic mass is 35.5. The van der Waals surface area contributed by atoms with E-state index in [1.54, 1.807) is 41.3 Å². The summed E-state index contributed by atoms with van der Waals surface area (Å²) in [5.74, 6) is 1.06. The average molecular weight is 552 g/mol. The van der Waals surface area contributed by atoms with Gasteiger partial charge < -0.3 is 24.2 Å². The number of aryl methyl sites for hydroxylation is 1. The summed E-state index contributed by atoms with van der Waals surface area (Å²) in [5, 5.41) is 7.55. The Balaban J connectivity index is 1.29. The molecule has 10 heteroatoms. The zero-order valence-corrected chi connectivity index (χ0v) is 21.9. The lowest BCUT2D eigenvalue weighted by molar-refractivity contribution is 0.0713. The highest BCUT2D eigenvalue weighted by molar-refractivity contribution is 6.42. The number of carbonyl (C=O) groups excluding carboxylic acids is 2. The number of rotatable bonds is 8. The molecular weight excluding hydrogens is 529 g/mol. The predicted octanol–water partition coefficient (Wildman–Crippen LogP) is 5.79. The van der Waals surface area contributed by atoms with Crippen LogP contribution in [0.5, 0.6) is 11.5 Å². The van der Waals surface area contributed by atoms with E-state index in [2.05, 4.69) is 10.5 Å². The van der Waals surface area contributed by atoms with Gasteiger partial charge in [0, 0.05) is 24.7 Å². The average Bonchev–Trinajstić information content (AvgIpc) is 3.58. The molecule has 0 aliphatic carbocycles. The van der Waals surface area contributed by atoms with E-state index in [4.69, 9.17) is 37.2 Å². The molecule has 1 aromatic heterocycles. The van der Waals surface area contributed by atoms with Gasteiger partial charge in [0.2, 0.25) is 6.79 Å². The van der Waals surface area contributed by atoms with Crippen LogP contribution in [0.1, 0.15) is 43.3 Å². The van der Waals surface area contributed by atoms with Crippen LogP contribution in [0.3, 0.4) is 0 Å². The Kier molecular flexibility index (Phi) is 7.53. The maximum atomic E-state index is 13.4. The summed E-state index contributed by atoms with van der Waals surface area (Å²) in [6.45, 7) is 2.75. The standard InChI is InChI=1S/C28H23Cl2N3O5/c1-17-2-6-20(7-3-17)28(35)33(14-19-4-8-22(29)23(30)10-19)15-21-12-24(32-38-21)27(34)31-13-18-5-9-25-26(11-18)37-16-36-25/h2-12H,13-16H2,1H3,(H,31,34). The van der Waals surface area contributed by atoms with E-state index in [9.17, 15) is 9.59 Å². The van der Waals surface area contributed by atoms with Crippen LogP contribution in [0.15, 0.2) is 71.3 Å². The number of fused-ring (bicyclic) bond motifs is 1. The van der Waals surface area contributed by atoms with Crippen molar-refractivity contribution < 1.29 is 23.6 Å². The van der Waals surface area contributed by atoms with E-state index in [1.165, 1.54) is 6.07 Å². The van der Waals surface area contributed by atoms with Crippen molar-refractivity contribution in [2.24, 2.45) is 0 Å². The van der Waals surface area contributed by atoms with E-state index < -0.39 is 5.91 Å². The van der Waals surface area contributed by atoms with Gasteiger partial charge in [0.1, 0.15) is 0 Å². The molecule has 1 aliphatic rings. The van der Waals surface area contributed by atoms with Crippen LogP contribution in [0.2, 0.25) is 10.0 Å². The van der Waals surface area contributed by atoms with E-state index in [0.29, 0.717) is 32.9 Å². The highest BCUT2D eigenvalue weighted by Crippen LogP contribution is 2.32. The molecule has 0 spiro atoms. The molecule has 0 fully saturated rings. The molecule has 0 saturated heterocycles. The van der Waals surface area contributed by atoms with E-state index >= 15 is 0 Å². The molecule has 5 rings (SSSR count). The van der Waals surface area contributed by atoms with Crippen molar-refractivity contribution in [3.8, 4) is 11.5 Å². The number of hydrogen-bond acceptors (Lipinski definition) is 6. The van der Waals surface area contributed by atoms with Crippen LogP contribution in [-0.2, 0) is 19.6 Å². The number of nitrogens with one attached hydrogen (secondary N) is 1. The van der Waals surface area contributed by atoms with Crippen molar-refractivity contribution in [2.75, 3.05) is 6.79 Å². The first-order valence-corrected chi connectivity index (χ1v) is 12.5. The Hall–Kier alpha value is -4.01. The summed E-state index contributed by atoms with van der Waals surface area (Å²) in [6.07, 6.45) is 0. The molecule has 194 valence electrons. The van der Waals surface area contributed by atoms with Crippen LogP contribution in [-0.4, -0.2) is 28.7 Å². The Morgan fingerprint density at radius 2 is 1.66 bits per heavy atom. The fraction of sp³-hybridized carbons (Fsp3) is 0.179. The number of aromatic nitrogens is 1. The first-order chi connectivity index (χ1) is 18.4. The summed E-state index contributed by atoms with van der Waals surface area (Å²) in [7, 11) is 0. The largest absolute Gasteiger partial charge is 0.454 e. The quantitative estimate of drug-likeness (QED) is 0.298. The van der Waals surface area contributed by atoms with Gasteiger partial charge in [0.25, 0.3) is 11.8 Å². The van der Waals surface area contributed by atoms with Crippen LogP contribution in [0.25, 0.3) is 0 Å². The minimum Gasteiger partial charge on any atom is -0.454 e. The van der Waals surface area contributed by atoms with Gasteiger partial charge in [0.05, 0.1) is 16.6 Å². The zero-order chi connectivity index (χ0) is 26.6. The molecule has 0 bridgehead atoms. The Labute approximate surface area is 229 Å².